The summed E-state index contributed by atoms with van der Waals surface area (Å²) in [6.07, 6.45) is 0.728. The van der Waals surface area contributed by atoms with Crippen molar-refractivity contribution in [3.8, 4) is 0 Å². The number of amides is 2. The van der Waals surface area contributed by atoms with Gasteiger partial charge < -0.3 is 15.1 Å². The first-order chi connectivity index (χ1) is 10.7. The number of benzene rings is 1. The van der Waals surface area contributed by atoms with Crippen molar-refractivity contribution in [3.05, 3.63) is 35.6 Å². The number of rotatable bonds is 2. The van der Waals surface area contributed by atoms with E-state index in [4.69, 9.17) is 0 Å². The first-order valence-corrected chi connectivity index (χ1v) is 7.70. The summed E-state index contributed by atoms with van der Waals surface area (Å²) in [4.78, 5) is 28.2. The Kier molecular flexibility index (Phi) is 5.96. The van der Waals surface area contributed by atoms with Crippen molar-refractivity contribution in [2.45, 2.75) is 6.42 Å². The molecule has 2 heterocycles. The van der Waals surface area contributed by atoms with Crippen molar-refractivity contribution in [2.75, 3.05) is 39.3 Å². The maximum Gasteiger partial charge on any atom is 0.256 e. The average Bonchev–Trinajstić information content (AvgIpc) is 2.71. The van der Waals surface area contributed by atoms with Gasteiger partial charge in [-0.1, -0.05) is 12.1 Å². The molecule has 0 atom stereocenters. The summed E-state index contributed by atoms with van der Waals surface area (Å²) in [5.74, 6) is -0.546. The zero-order chi connectivity index (χ0) is 15.5. The Hall–Kier alpha value is -1.66. The predicted molar refractivity (Wildman–Crippen MR) is 87.1 cm³/mol. The van der Waals surface area contributed by atoms with E-state index in [2.05, 4.69) is 5.32 Å². The highest BCUT2D eigenvalue weighted by Gasteiger charge is 2.31. The summed E-state index contributed by atoms with van der Waals surface area (Å²) >= 11 is 0. The molecule has 2 amide bonds. The van der Waals surface area contributed by atoms with Crippen LogP contribution in [0, 0.1) is 11.7 Å². The molecule has 0 bridgehead atoms. The number of carbonyl (C=O) groups is 2. The Labute approximate surface area is 141 Å². The zero-order valence-corrected chi connectivity index (χ0v) is 13.7. The first kappa shape index (κ1) is 17.7. The van der Waals surface area contributed by atoms with E-state index in [1.807, 2.05) is 4.90 Å². The van der Waals surface area contributed by atoms with Gasteiger partial charge in [-0.3, -0.25) is 9.59 Å². The number of hydrogen-bond acceptors (Lipinski definition) is 3. The lowest BCUT2D eigenvalue weighted by atomic mass is 10.0. The van der Waals surface area contributed by atoms with Gasteiger partial charge in [-0.05, 0) is 18.6 Å². The Balaban J connectivity index is 0.00000192. The molecule has 2 aliphatic rings. The standard InChI is InChI=1S/C16H20FN3O2.ClH/c17-14-5-2-1-4-13(14)16(22)20-7-3-6-19(8-9-20)15(21)12-10-18-11-12;/h1-2,4-5,12,18H,3,6-11H2;1H. The van der Waals surface area contributed by atoms with E-state index < -0.39 is 5.82 Å². The lowest BCUT2D eigenvalue weighted by Gasteiger charge is -2.31. The lowest BCUT2D eigenvalue weighted by molar-refractivity contribution is -0.136. The van der Waals surface area contributed by atoms with Crippen LogP contribution in [0.15, 0.2) is 24.3 Å². The van der Waals surface area contributed by atoms with Crippen molar-refractivity contribution in [3.63, 3.8) is 0 Å². The van der Waals surface area contributed by atoms with Crippen molar-refractivity contribution in [1.82, 2.24) is 15.1 Å². The van der Waals surface area contributed by atoms with Crippen LogP contribution in [0.1, 0.15) is 16.8 Å². The second kappa shape index (κ2) is 7.75. The van der Waals surface area contributed by atoms with Crippen molar-refractivity contribution in [2.24, 2.45) is 5.92 Å². The number of nitrogens with zero attached hydrogens (tertiary/aromatic N) is 2. The summed E-state index contributed by atoms with van der Waals surface area (Å²) in [7, 11) is 0. The molecule has 1 N–H and O–H groups in total. The van der Waals surface area contributed by atoms with E-state index in [1.165, 1.54) is 12.1 Å². The summed E-state index contributed by atoms with van der Waals surface area (Å²) in [6.45, 7) is 3.69. The fourth-order valence-electron chi connectivity index (χ4n) is 2.87. The molecule has 5 nitrogen and oxygen atoms in total. The minimum atomic E-state index is -0.495. The van der Waals surface area contributed by atoms with E-state index in [0.717, 1.165) is 19.5 Å². The SMILES string of the molecule is Cl.O=C(c1ccccc1F)N1CCCN(C(=O)C2CNC2)CC1. The topological polar surface area (TPSA) is 52.7 Å². The van der Waals surface area contributed by atoms with E-state index in [-0.39, 0.29) is 35.7 Å². The maximum atomic E-state index is 13.7. The molecule has 1 aromatic carbocycles. The molecule has 2 fully saturated rings. The maximum absolute atomic E-state index is 13.7. The Morgan fingerprint density at radius 1 is 1.04 bits per heavy atom. The molecule has 0 aromatic heterocycles. The third-order valence-electron chi connectivity index (χ3n) is 4.33. The van der Waals surface area contributed by atoms with Gasteiger partial charge in [0.25, 0.3) is 5.91 Å². The average molecular weight is 342 g/mol. The van der Waals surface area contributed by atoms with Gasteiger partial charge >= 0.3 is 0 Å². The first-order valence-electron chi connectivity index (χ1n) is 7.70. The summed E-state index contributed by atoms with van der Waals surface area (Å²) < 4.78 is 13.7. The highest BCUT2D eigenvalue weighted by molar-refractivity contribution is 5.94. The highest BCUT2D eigenvalue weighted by Crippen LogP contribution is 2.15. The van der Waals surface area contributed by atoms with Gasteiger partial charge in [0.1, 0.15) is 5.82 Å². The normalized spacial score (nSPS) is 18.7. The lowest BCUT2D eigenvalue weighted by Crippen LogP contribution is -2.52. The van der Waals surface area contributed by atoms with Gasteiger partial charge in [0.2, 0.25) is 5.91 Å². The number of carbonyl (C=O) groups excluding carboxylic acids is 2. The summed E-state index contributed by atoms with van der Waals surface area (Å²) in [5, 5.41) is 3.10. The third-order valence-corrected chi connectivity index (χ3v) is 4.33. The molecule has 126 valence electrons. The molecule has 7 heteroatoms. The fraction of sp³-hybridized carbons (Fsp3) is 0.500. The molecular weight excluding hydrogens is 321 g/mol. The molecule has 0 spiro atoms. The predicted octanol–water partition coefficient (Wildman–Crippen LogP) is 1.14. The fourth-order valence-corrected chi connectivity index (χ4v) is 2.87. The monoisotopic (exact) mass is 341 g/mol. The van der Waals surface area contributed by atoms with Gasteiger partial charge in [-0.25, -0.2) is 4.39 Å². The molecule has 3 rings (SSSR count). The summed E-state index contributed by atoms with van der Waals surface area (Å²) in [6, 6.07) is 6.03. The molecule has 2 saturated heterocycles. The number of hydrogen-bond donors (Lipinski definition) is 1. The van der Waals surface area contributed by atoms with E-state index in [1.54, 1.807) is 17.0 Å². The molecule has 0 unspecified atom stereocenters. The minimum Gasteiger partial charge on any atom is -0.341 e. The van der Waals surface area contributed by atoms with E-state index in [9.17, 15) is 14.0 Å². The van der Waals surface area contributed by atoms with Crippen LogP contribution < -0.4 is 5.32 Å². The van der Waals surface area contributed by atoms with Gasteiger partial charge in [0, 0.05) is 39.3 Å². The number of halogens is 2. The molecule has 1 aromatic rings. The molecular formula is C16H21ClFN3O2. The second-order valence-corrected chi connectivity index (χ2v) is 5.81. The Bertz CT molecular complexity index is 580. The van der Waals surface area contributed by atoms with Gasteiger partial charge in [-0.15, -0.1) is 12.4 Å². The van der Waals surface area contributed by atoms with Crippen LogP contribution in [0.4, 0.5) is 4.39 Å². The van der Waals surface area contributed by atoms with E-state index >= 15 is 0 Å². The van der Waals surface area contributed by atoms with Crippen LogP contribution >= 0.6 is 12.4 Å². The quantitative estimate of drug-likeness (QED) is 0.877. The smallest absolute Gasteiger partial charge is 0.256 e. The second-order valence-electron chi connectivity index (χ2n) is 5.81. The van der Waals surface area contributed by atoms with Gasteiger partial charge in [0.15, 0.2) is 0 Å². The molecule has 0 saturated carbocycles. The Morgan fingerprint density at radius 3 is 2.35 bits per heavy atom. The highest BCUT2D eigenvalue weighted by atomic mass is 35.5. The van der Waals surface area contributed by atoms with Gasteiger partial charge in [0.05, 0.1) is 11.5 Å². The molecule has 23 heavy (non-hydrogen) atoms. The zero-order valence-electron chi connectivity index (χ0n) is 12.8. The minimum absolute atomic E-state index is 0. The van der Waals surface area contributed by atoms with Crippen LogP contribution in [0.2, 0.25) is 0 Å². The van der Waals surface area contributed by atoms with Crippen LogP contribution in [-0.2, 0) is 4.79 Å². The third kappa shape index (κ3) is 3.82. The van der Waals surface area contributed by atoms with Gasteiger partial charge in [-0.2, -0.15) is 0 Å². The van der Waals surface area contributed by atoms with Crippen LogP contribution in [0.3, 0.4) is 0 Å². The molecule has 0 radical (unpaired) electrons. The molecule has 2 aliphatic heterocycles. The van der Waals surface area contributed by atoms with Crippen molar-refractivity contribution in [1.29, 1.82) is 0 Å². The summed E-state index contributed by atoms with van der Waals surface area (Å²) in [5.41, 5.74) is 0.102. The van der Waals surface area contributed by atoms with Crippen molar-refractivity contribution < 1.29 is 14.0 Å². The van der Waals surface area contributed by atoms with E-state index in [0.29, 0.717) is 26.2 Å². The Morgan fingerprint density at radius 2 is 1.70 bits per heavy atom. The molecule has 0 aliphatic carbocycles. The van der Waals surface area contributed by atoms with Crippen molar-refractivity contribution >= 4 is 24.2 Å². The van der Waals surface area contributed by atoms with Crippen LogP contribution in [0.25, 0.3) is 0 Å². The van der Waals surface area contributed by atoms with Crippen LogP contribution in [-0.4, -0.2) is 60.9 Å². The van der Waals surface area contributed by atoms with Crippen LogP contribution in [0.5, 0.6) is 0 Å². The largest absolute Gasteiger partial charge is 0.341 e. The number of nitrogens with one attached hydrogen (secondary N) is 1.